The first-order valence-corrected chi connectivity index (χ1v) is 18.8. The molecule has 0 radical (unpaired) electrons. The Morgan fingerprint density at radius 2 is 1.78 bits per heavy atom. The summed E-state index contributed by atoms with van der Waals surface area (Å²) in [6.45, 7) is 9.29. The first-order valence-electron chi connectivity index (χ1n) is 17.3. The highest BCUT2D eigenvalue weighted by molar-refractivity contribution is 7.89. The average molecular weight is 649 g/mol. The van der Waals surface area contributed by atoms with Crippen LogP contribution in [0.1, 0.15) is 77.2 Å². The number of hydrogen-bond donors (Lipinski definition) is 5. The zero-order valence-electron chi connectivity index (χ0n) is 27.6. The Balaban J connectivity index is 1.24. The van der Waals surface area contributed by atoms with Crippen molar-refractivity contribution < 1.29 is 22.7 Å². The fourth-order valence-corrected chi connectivity index (χ4v) is 9.68. The van der Waals surface area contributed by atoms with Crippen LogP contribution in [0.4, 0.5) is 11.4 Å². The van der Waals surface area contributed by atoms with Crippen LogP contribution in [0.2, 0.25) is 0 Å². The second-order valence-corrected chi connectivity index (χ2v) is 15.5. The van der Waals surface area contributed by atoms with Crippen molar-refractivity contribution in [2.45, 2.75) is 109 Å². The third kappa shape index (κ3) is 8.38. The second kappa shape index (κ2) is 15.9. The minimum absolute atomic E-state index is 0.117. The Labute approximate surface area is 270 Å². The van der Waals surface area contributed by atoms with Crippen molar-refractivity contribution in [3.05, 3.63) is 23.8 Å². The Kier molecular flexibility index (Phi) is 12.2. The molecule has 5 N–H and O–H groups in total. The quantitative estimate of drug-likeness (QED) is 0.229. The van der Waals surface area contributed by atoms with Crippen LogP contribution in [0.25, 0.3) is 0 Å². The van der Waals surface area contributed by atoms with E-state index in [1.165, 1.54) is 42.8 Å². The van der Waals surface area contributed by atoms with E-state index in [9.17, 15) is 13.2 Å². The molecule has 1 saturated carbocycles. The van der Waals surface area contributed by atoms with Gasteiger partial charge < -0.3 is 25.4 Å². The summed E-state index contributed by atoms with van der Waals surface area (Å²) in [6.07, 6.45) is 9.02. The van der Waals surface area contributed by atoms with E-state index in [-0.39, 0.29) is 18.3 Å². The van der Waals surface area contributed by atoms with E-state index >= 15 is 0 Å². The number of nitrogens with zero attached hydrogens (tertiary/aromatic N) is 1. The van der Waals surface area contributed by atoms with Gasteiger partial charge in [0.25, 0.3) is 5.91 Å². The van der Waals surface area contributed by atoms with Crippen molar-refractivity contribution in [1.29, 1.82) is 0 Å². The molecule has 1 aromatic rings. The molecule has 1 aromatic carbocycles. The number of methoxy groups -OCH3 is 1. The number of benzene rings is 1. The molecule has 45 heavy (non-hydrogen) atoms. The zero-order valence-corrected chi connectivity index (χ0v) is 28.5. The van der Waals surface area contributed by atoms with E-state index in [4.69, 9.17) is 9.47 Å². The molecule has 12 heteroatoms. The molecule has 7 atom stereocenters. The number of nitrogens with one attached hydrogen (secondary N) is 5. The summed E-state index contributed by atoms with van der Waals surface area (Å²) in [5.74, 6) is 1.45. The van der Waals surface area contributed by atoms with Crippen LogP contribution in [0.5, 0.6) is 0 Å². The van der Waals surface area contributed by atoms with Gasteiger partial charge in [-0.05, 0) is 68.2 Å². The van der Waals surface area contributed by atoms with Gasteiger partial charge in [-0.3, -0.25) is 15.4 Å². The first kappa shape index (κ1) is 34.5. The fourth-order valence-electron chi connectivity index (χ4n) is 7.92. The Hall–Kier alpha value is -1.80. The van der Waals surface area contributed by atoms with Crippen LogP contribution in [0.15, 0.2) is 18.2 Å². The Morgan fingerprint density at radius 1 is 1.02 bits per heavy atom. The maximum atomic E-state index is 13.2. The normalized spacial score (nSPS) is 31.9. The lowest BCUT2D eigenvalue weighted by Gasteiger charge is -2.47. The largest absolute Gasteiger partial charge is 0.380 e. The van der Waals surface area contributed by atoms with Gasteiger partial charge in [0.2, 0.25) is 10.0 Å². The number of carbonyl (C=O) groups excluding carboxylic acids is 1. The number of rotatable bonds is 11. The molecule has 3 aliphatic heterocycles. The van der Waals surface area contributed by atoms with Crippen LogP contribution < -0.4 is 26.6 Å². The van der Waals surface area contributed by atoms with E-state index in [0.717, 1.165) is 43.2 Å². The first-order chi connectivity index (χ1) is 21.7. The van der Waals surface area contributed by atoms with E-state index in [2.05, 4.69) is 33.5 Å². The number of carbonyl (C=O) groups is 1. The highest BCUT2D eigenvalue weighted by Gasteiger charge is 2.42. The Morgan fingerprint density at radius 3 is 2.49 bits per heavy atom. The molecule has 3 heterocycles. The van der Waals surface area contributed by atoms with E-state index < -0.39 is 21.6 Å². The van der Waals surface area contributed by atoms with Gasteiger partial charge in [0.05, 0.1) is 6.10 Å². The van der Waals surface area contributed by atoms with Crippen molar-refractivity contribution in [3.8, 4) is 0 Å². The zero-order chi connectivity index (χ0) is 32.0. The van der Waals surface area contributed by atoms with Crippen LogP contribution in [0.3, 0.4) is 0 Å². The van der Waals surface area contributed by atoms with Gasteiger partial charge in [0, 0.05) is 50.7 Å². The van der Waals surface area contributed by atoms with Crippen LogP contribution in [0, 0.1) is 24.7 Å². The molecule has 0 spiro atoms. The molecule has 254 valence electrons. The molecule has 5 rings (SSSR count). The van der Waals surface area contributed by atoms with Gasteiger partial charge in [0.15, 0.2) is 5.44 Å². The highest BCUT2D eigenvalue weighted by atomic mass is 32.2. The number of ether oxygens (including phenoxy) is 2. The molecule has 0 aromatic heterocycles. The second-order valence-electron chi connectivity index (χ2n) is 13.4. The van der Waals surface area contributed by atoms with Crippen molar-refractivity contribution >= 4 is 27.3 Å². The van der Waals surface area contributed by atoms with Crippen molar-refractivity contribution in [1.82, 2.24) is 20.3 Å². The summed E-state index contributed by atoms with van der Waals surface area (Å²) < 4.78 is 38.8. The maximum Gasteiger partial charge on any atom is 0.253 e. The lowest BCUT2D eigenvalue weighted by molar-refractivity contribution is -0.125. The number of aryl methyl sites for hydroxylation is 1. The molecule has 4 aliphatic rings. The summed E-state index contributed by atoms with van der Waals surface area (Å²) in [5.41, 5.74) is 1.66. The topological polar surface area (TPSA) is 133 Å². The lowest BCUT2D eigenvalue weighted by atomic mass is 9.73. The lowest BCUT2D eigenvalue weighted by Crippen LogP contribution is -2.66. The number of sulfonamides is 1. The van der Waals surface area contributed by atoms with E-state index in [1.807, 2.05) is 39.2 Å². The van der Waals surface area contributed by atoms with Gasteiger partial charge in [0.1, 0.15) is 12.4 Å². The number of amides is 1. The molecule has 7 unspecified atom stereocenters. The van der Waals surface area contributed by atoms with Gasteiger partial charge in [-0.2, -0.15) is 0 Å². The van der Waals surface area contributed by atoms with Crippen LogP contribution in [-0.2, 0) is 24.3 Å². The van der Waals surface area contributed by atoms with Crippen molar-refractivity contribution in [2.24, 2.45) is 17.8 Å². The number of hydrogen-bond acceptors (Lipinski definition) is 9. The molecule has 4 fully saturated rings. The summed E-state index contributed by atoms with van der Waals surface area (Å²) >= 11 is 0. The third-order valence-corrected chi connectivity index (χ3v) is 12.8. The maximum absolute atomic E-state index is 13.2. The molecule has 1 amide bonds. The molecular weight excluding hydrogens is 592 g/mol. The molecule has 3 saturated heterocycles. The third-order valence-electron chi connectivity index (χ3n) is 10.5. The van der Waals surface area contributed by atoms with Crippen LogP contribution in [-0.4, -0.2) is 88.4 Å². The summed E-state index contributed by atoms with van der Waals surface area (Å²) in [4.78, 5) is 13.2. The van der Waals surface area contributed by atoms with E-state index in [1.54, 1.807) is 0 Å². The number of anilines is 2. The predicted octanol–water partition coefficient (Wildman–Crippen LogP) is 3.58. The standard InChI is InChI=1S/C33H56N6O5S/c1-5-39(6-2)45(41,42)30-16-15-29(44-30)32(40)36-25-14-13-22(3)28(18-25)37-33-35-21-27(23-11-9-7-8-10-12-23)31(38-33)24-17-26(43-4)20-34-19-24/h13-14,18,23-24,26-27,29-31,33-35,37-38H,5-12,15-17,19-21H2,1-4H3,(H,36,40). The molecular formula is C33H56N6O5S. The minimum Gasteiger partial charge on any atom is -0.380 e. The minimum atomic E-state index is -3.60. The van der Waals surface area contributed by atoms with Crippen molar-refractivity contribution in [3.63, 3.8) is 0 Å². The van der Waals surface area contributed by atoms with Crippen LogP contribution >= 0.6 is 0 Å². The average Bonchev–Trinajstić information content (AvgIpc) is 3.41. The predicted molar refractivity (Wildman–Crippen MR) is 178 cm³/mol. The number of piperidine rings is 1. The Bertz CT molecular complexity index is 1220. The monoisotopic (exact) mass is 648 g/mol. The summed E-state index contributed by atoms with van der Waals surface area (Å²) in [5, 5.41) is 18.0. The molecule has 11 nitrogen and oxygen atoms in total. The van der Waals surface area contributed by atoms with Gasteiger partial charge >= 0.3 is 0 Å². The summed E-state index contributed by atoms with van der Waals surface area (Å²) in [7, 11) is -1.79. The van der Waals surface area contributed by atoms with Crippen molar-refractivity contribution in [2.75, 3.05) is 50.5 Å². The van der Waals surface area contributed by atoms with E-state index in [0.29, 0.717) is 49.5 Å². The SMILES string of the molecule is CCN(CC)S(=O)(=O)C1CCC(C(=O)Nc2ccc(C)c(NC3NCC(C4CCCCCC4)C(C4CNCC(OC)C4)N3)c2)O1. The summed E-state index contributed by atoms with van der Waals surface area (Å²) in [6, 6.07) is 6.18. The van der Waals surface area contributed by atoms with Gasteiger partial charge in [-0.1, -0.05) is 58.4 Å². The molecule has 0 bridgehead atoms. The van der Waals surface area contributed by atoms with Gasteiger partial charge in [-0.25, -0.2) is 12.7 Å². The van der Waals surface area contributed by atoms with Gasteiger partial charge in [-0.15, -0.1) is 0 Å². The molecule has 1 aliphatic carbocycles. The smallest absolute Gasteiger partial charge is 0.253 e. The fraction of sp³-hybridized carbons (Fsp3) is 0.788. The highest BCUT2D eigenvalue weighted by Crippen LogP contribution is 2.36.